The summed E-state index contributed by atoms with van der Waals surface area (Å²) in [6, 6.07) is 5.63. The molecular weight excluding hydrogens is 288 g/mol. The Morgan fingerprint density at radius 1 is 1.32 bits per heavy atom. The number of nitrogens with zero attached hydrogens (tertiary/aromatic N) is 1. The fourth-order valence-corrected chi connectivity index (χ4v) is 2.41. The minimum Gasteiger partial charge on any atom is -0.271 e. The molecule has 2 rings (SSSR count). The van der Waals surface area contributed by atoms with Crippen molar-refractivity contribution in [2.45, 2.75) is 13.0 Å². The van der Waals surface area contributed by atoms with Crippen LogP contribution in [0.2, 0.25) is 10.0 Å². The van der Waals surface area contributed by atoms with Crippen molar-refractivity contribution >= 4 is 23.2 Å². The average Bonchev–Trinajstić information content (AvgIpc) is 2.34. The third-order valence-corrected chi connectivity index (χ3v) is 3.33. The van der Waals surface area contributed by atoms with E-state index in [4.69, 9.17) is 29.0 Å². The van der Waals surface area contributed by atoms with Gasteiger partial charge in [-0.3, -0.25) is 10.8 Å². The van der Waals surface area contributed by atoms with Crippen LogP contribution in [0.25, 0.3) is 0 Å². The Bertz CT molecular complexity index is 553. The quantitative estimate of drug-likeness (QED) is 0.675. The molecule has 0 aliphatic carbocycles. The molecule has 2 aromatic rings. The lowest BCUT2D eigenvalue weighted by molar-refractivity contribution is 0.604. The number of rotatable bonds is 3. The van der Waals surface area contributed by atoms with E-state index in [-0.39, 0.29) is 5.82 Å². The predicted molar refractivity (Wildman–Crippen MR) is 74.6 cm³/mol. The lowest BCUT2D eigenvalue weighted by atomic mass is 9.98. The van der Waals surface area contributed by atoms with Gasteiger partial charge >= 0.3 is 0 Å². The monoisotopic (exact) mass is 299 g/mol. The van der Waals surface area contributed by atoms with Gasteiger partial charge in [0.05, 0.1) is 21.8 Å². The molecule has 1 heterocycles. The van der Waals surface area contributed by atoms with E-state index in [0.29, 0.717) is 15.7 Å². The van der Waals surface area contributed by atoms with E-state index in [1.165, 1.54) is 18.3 Å². The molecule has 0 bridgehead atoms. The molecule has 1 aromatic carbocycles. The van der Waals surface area contributed by atoms with Crippen molar-refractivity contribution < 1.29 is 4.39 Å². The van der Waals surface area contributed by atoms with E-state index in [1.807, 2.05) is 0 Å². The summed E-state index contributed by atoms with van der Waals surface area (Å²) < 4.78 is 13.1. The molecule has 6 heteroatoms. The van der Waals surface area contributed by atoms with Crippen molar-refractivity contribution in [1.29, 1.82) is 0 Å². The number of hydrazine groups is 1. The van der Waals surface area contributed by atoms with Gasteiger partial charge in [0.1, 0.15) is 5.82 Å². The maximum Gasteiger partial charge on any atom is 0.123 e. The lowest BCUT2D eigenvalue weighted by Gasteiger charge is -2.19. The Labute approximate surface area is 120 Å². The fraction of sp³-hybridized carbons (Fsp3) is 0.154. The zero-order valence-electron chi connectivity index (χ0n) is 10.1. The molecule has 0 aliphatic rings. The number of pyridine rings is 1. The van der Waals surface area contributed by atoms with Crippen LogP contribution >= 0.6 is 23.2 Å². The van der Waals surface area contributed by atoms with Crippen LogP contribution < -0.4 is 11.3 Å². The number of nitrogens with two attached hydrogens (primary N) is 1. The smallest absolute Gasteiger partial charge is 0.123 e. The third kappa shape index (κ3) is 3.04. The first-order valence-electron chi connectivity index (χ1n) is 5.56. The first-order valence-corrected chi connectivity index (χ1v) is 6.31. The molecule has 0 aliphatic heterocycles. The molecular formula is C13H12Cl2FN3. The van der Waals surface area contributed by atoms with Crippen molar-refractivity contribution in [3.05, 3.63) is 63.1 Å². The highest BCUT2D eigenvalue weighted by Gasteiger charge is 2.19. The molecule has 0 fully saturated rings. The molecule has 1 aromatic heterocycles. The molecule has 1 atom stereocenters. The van der Waals surface area contributed by atoms with Gasteiger partial charge in [-0.2, -0.15) is 0 Å². The standard InChI is InChI=1S/C13H12Cl2FN3/c1-7-4-9(16)2-3-10(7)12(19-17)13-11(15)5-8(14)6-18-13/h2-6,12,19H,17H2,1H3. The van der Waals surface area contributed by atoms with Gasteiger partial charge in [-0.1, -0.05) is 29.3 Å². The summed E-state index contributed by atoms with van der Waals surface area (Å²) in [5, 5.41) is 0.847. The van der Waals surface area contributed by atoms with Crippen LogP contribution in [0.1, 0.15) is 22.9 Å². The van der Waals surface area contributed by atoms with Crippen molar-refractivity contribution in [3.8, 4) is 0 Å². The van der Waals surface area contributed by atoms with Crippen LogP contribution in [0.5, 0.6) is 0 Å². The Morgan fingerprint density at radius 2 is 2.05 bits per heavy atom. The molecule has 0 spiro atoms. The summed E-state index contributed by atoms with van der Waals surface area (Å²) in [7, 11) is 0. The predicted octanol–water partition coefficient (Wildman–Crippen LogP) is 3.39. The Hall–Kier alpha value is -1.20. The Kier molecular flexibility index (Phi) is 4.37. The maximum absolute atomic E-state index is 13.1. The molecule has 19 heavy (non-hydrogen) atoms. The molecule has 3 N–H and O–H groups in total. The largest absolute Gasteiger partial charge is 0.271 e. The van der Waals surface area contributed by atoms with Crippen molar-refractivity contribution in [1.82, 2.24) is 10.4 Å². The summed E-state index contributed by atoms with van der Waals surface area (Å²) in [5.41, 5.74) is 4.75. The second kappa shape index (κ2) is 5.84. The van der Waals surface area contributed by atoms with E-state index in [0.717, 1.165) is 11.1 Å². The first-order chi connectivity index (χ1) is 9.02. The number of aromatic nitrogens is 1. The summed E-state index contributed by atoms with van der Waals surface area (Å²) in [5.74, 6) is 5.28. The van der Waals surface area contributed by atoms with Crippen LogP contribution in [0.4, 0.5) is 4.39 Å². The molecule has 0 amide bonds. The van der Waals surface area contributed by atoms with Crippen LogP contribution in [-0.4, -0.2) is 4.98 Å². The van der Waals surface area contributed by atoms with Gasteiger partial charge < -0.3 is 0 Å². The lowest BCUT2D eigenvalue weighted by Crippen LogP contribution is -2.30. The zero-order chi connectivity index (χ0) is 14.0. The fourth-order valence-electron chi connectivity index (χ4n) is 1.92. The topological polar surface area (TPSA) is 50.9 Å². The highest BCUT2D eigenvalue weighted by atomic mass is 35.5. The molecule has 100 valence electrons. The summed E-state index contributed by atoms with van der Waals surface area (Å²) in [6.45, 7) is 1.80. The molecule has 1 unspecified atom stereocenters. The number of benzene rings is 1. The first kappa shape index (κ1) is 14.2. The second-order valence-corrected chi connectivity index (χ2v) is 4.96. The van der Waals surface area contributed by atoms with Crippen LogP contribution in [0, 0.1) is 12.7 Å². The highest BCUT2D eigenvalue weighted by molar-refractivity contribution is 6.34. The molecule has 0 saturated carbocycles. The highest BCUT2D eigenvalue weighted by Crippen LogP contribution is 2.29. The Balaban J connectivity index is 2.50. The van der Waals surface area contributed by atoms with Gasteiger partial charge in [-0.05, 0) is 36.2 Å². The van der Waals surface area contributed by atoms with Gasteiger partial charge in [0.25, 0.3) is 0 Å². The second-order valence-electron chi connectivity index (χ2n) is 4.12. The summed E-state index contributed by atoms with van der Waals surface area (Å²) in [4.78, 5) is 4.19. The minimum atomic E-state index is -0.426. The van der Waals surface area contributed by atoms with Crippen LogP contribution in [-0.2, 0) is 0 Å². The zero-order valence-corrected chi connectivity index (χ0v) is 11.6. The van der Waals surface area contributed by atoms with Crippen molar-refractivity contribution in [3.63, 3.8) is 0 Å². The van der Waals surface area contributed by atoms with E-state index in [2.05, 4.69) is 10.4 Å². The number of halogens is 3. The van der Waals surface area contributed by atoms with Gasteiger partial charge in [0.15, 0.2) is 0 Å². The van der Waals surface area contributed by atoms with E-state index in [1.54, 1.807) is 19.1 Å². The maximum atomic E-state index is 13.1. The number of hydrogen-bond donors (Lipinski definition) is 2. The number of aryl methyl sites for hydroxylation is 1. The average molecular weight is 300 g/mol. The number of hydrogen-bond acceptors (Lipinski definition) is 3. The van der Waals surface area contributed by atoms with E-state index in [9.17, 15) is 4.39 Å². The van der Waals surface area contributed by atoms with E-state index >= 15 is 0 Å². The summed E-state index contributed by atoms with van der Waals surface area (Å²) >= 11 is 11.9. The van der Waals surface area contributed by atoms with Gasteiger partial charge in [-0.25, -0.2) is 9.82 Å². The summed E-state index contributed by atoms with van der Waals surface area (Å²) in [6.07, 6.45) is 1.49. The van der Waals surface area contributed by atoms with Gasteiger partial charge in [0.2, 0.25) is 0 Å². The van der Waals surface area contributed by atoms with E-state index < -0.39 is 6.04 Å². The van der Waals surface area contributed by atoms with Gasteiger partial charge in [0, 0.05) is 6.20 Å². The van der Waals surface area contributed by atoms with Crippen molar-refractivity contribution in [2.75, 3.05) is 0 Å². The van der Waals surface area contributed by atoms with Crippen LogP contribution in [0.15, 0.2) is 30.5 Å². The van der Waals surface area contributed by atoms with Gasteiger partial charge in [-0.15, -0.1) is 0 Å². The molecule has 0 saturated heterocycles. The minimum absolute atomic E-state index is 0.299. The molecule has 3 nitrogen and oxygen atoms in total. The Morgan fingerprint density at radius 3 is 2.63 bits per heavy atom. The third-order valence-electron chi connectivity index (χ3n) is 2.82. The molecule has 0 radical (unpaired) electrons. The SMILES string of the molecule is Cc1cc(F)ccc1C(NN)c1ncc(Cl)cc1Cl. The van der Waals surface area contributed by atoms with Crippen LogP contribution in [0.3, 0.4) is 0 Å². The number of nitrogens with one attached hydrogen (secondary N) is 1. The normalized spacial score (nSPS) is 12.5. The van der Waals surface area contributed by atoms with Crippen molar-refractivity contribution in [2.24, 2.45) is 5.84 Å².